The fourth-order valence-corrected chi connectivity index (χ4v) is 3.39. The normalized spacial score (nSPS) is 16.1. The summed E-state index contributed by atoms with van der Waals surface area (Å²) in [7, 11) is 0. The number of hydrogen-bond acceptors (Lipinski definition) is 4. The van der Waals surface area contributed by atoms with E-state index in [0.717, 1.165) is 44.0 Å². The lowest BCUT2D eigenvalue weighted by Gasteiger charge is -2.28. The molecular weight excluding hydrogens is 417 g/mol. The van der Waals surface area contributed by atoms with E-state index in [0.29, 0.717) is 0 Å². The number of piperazine rings is 1. The maximum atomic E-state index is 12.1. The minimum Gasteiger partial charge on any atom is -0.444 e. The van der Waals surface area contributed by atoms with Crippen LogP contribution in [-0.2, 0) is 11.3 Å². The summed E-state index contributed by atoms with van der Waals surface area (Å²) in [6, 6.07) is 2.10. The largest absolute Gasteiger partial charge is 0.444 e. The highest BCUT2D eigenvalue weighted by atomic mass is 127. The predicted octanol–water partition coefficient (Wildman–Crippen LogP) is 3.66. The van der Waals surface area contributed by atoms with E-state index in [2.05, 4.69) is 51.1 Å². The minimum atomic E-state index is -0.501. The molecule has 0 aromatic heterocycles. The van der Waals surface area contributed by atoms with Crippen molar-refractivity contribution < 1.29 is 9.53 Å². The number of carbonyl (C=O) groups is 1. The Morgan fingerprint density at radius 3 is 2.50 bits per heavy atom. The van der Waals surface area contributed by atoms with Crippen molar-refractivity contribution in [2.75, 3.05) is 31.5 Å². The molecule has 0 aliphatic carbocycles. The van der Waals surface area contributed by atoms with Gasteiger partial charge in [0, 0.05) is 42.0 Å². The summed E-state index contributed by atoms with van der Waals surface area (Å²) < 4.78 is 6.59. The highest BCUT2D eigenvalue weighted by molar-refractivity contribution is 14.1. The average molecular weight is 445 g/mol. The molecule has 1 heterocycles. The number of anilines is 1. The van der Waals surface area contributed by atoms with Crippen molar-refractivity contribution in [3.8, 4) is 0 Å². The molecule has 1 saturated heterocycles. The van der Waals surface area contributed by atoms with Crippen LogP contribution in [0.4, 0.5) is 10.5 Å². The number of rotatable bonds is 3. The Morgan fingerprint density at radius 2 is 1.92 bits per heavy atom. The molecule has 0 bridgehead atoms. The van der Waals surface area contributed by atoms with Gasteiger partial charge in [0.1, 0.15) is 5.60 Å². The third-order valence-corrected chi connectivity index (χ3v) is 5.72. The van der Waals surface area contributed by atoms with Crippen molar-refractivity contribution in [2.24, 2.45) is 0 Å². The second-order valence-corrected chi connectivity index (χ2v) is 8.38. The van der Waals surface area contributed by atoms with Crippen molar-refractivity contribution in [3.63, 3.8) is 0 Å². The number of amides is 1. The summed E-state index contributed by atoms with van der Waals surface area (Å²) in [5, 5.41) is 6.29. The average Bonchev–Trinajstić information content (AvgIpc) is 2.49. The maximum Gasteiger partial charge on any atom is 0.412 e. The van der Waals surface area contributed by atoms with Crippen LogP contribution in [0.25, 0.3) is 0 Å². The molecule has 0 atom stereocenters. The molecule has 1 aliphatic rings. The minimum absolute atomic E-state index is 0.404. The molecule has 0 spiro atoms. The molecule has 6 heteroatoms. The van der Waals surface area contributed by atoms with Crippen LogP contribution in [0.2, 0.25) is 0 Å². The lowest BCUT2D eigenvalue weighted by molar-refractivity contribution is 0.0636. The molecule has 24 heavy (non-hydrogen) atoms. The zero-order chi connectivity index (χ0) is 17.9. The molecule has 0 radical (unpaired) electrons. The molecule has 2 N–H and O–H groups in total. The van der Waals surface area contributed by atoms with E-state index in [-0.39, 0.29) is 0 Å². The highest BCUT2D eigenvalue weighted by Crippen LogP contribution is 2.29. The van der Waals surface area contributed by atoms with E-state index in [1.54, 1.807) is 0 Å². The van der Waals surface area contributed by atoms with Gasteiger partial charge in [0.25, 0.3) is 0 Å². The number of benzene rings is 1. The summed E-state index contributed by atoms with van der Waals surface area (Å²) in [5.41, 5.74) is 3.98. The van der Waals surface area contributed by atoms with E-state index in [1.807, 2.05) is 27.7 Å². The standard InChI is InChI=1S/C18H28IN3O2/c1-12-14(11-22-8-6-20-7-9-22)10-15(13(2)16(12)19)21-17(23)24-18(3,4)5/h10,20H,6-9,11H2,1-5H3,(H,21,23). The molecule has 1 aliphatic heterocycles. The summed E-state index contributed by atoms with van der Waals surface area (Å²) in [4.78, 5) is 14.6. The summed E-state index contributed by atoms with van der Waals surface area (Å²) in [6.45, 7) is 14.9. The monoisotopic (exact) mass is 445 g/mol. The van der Waals surface area contributed by atoms with Crippen LogP contribution < -0.4 is 10.6 Å². The third-order valence-electron chi connectivity index (χ3n) is 4.10. The zero-order valence-corrected chi connectivity index (χ0v) is 17.4. The van der Waals surface area contributed by atoms with Crippen LogP contribution in [0.1, 0.15) is 37.5 Å². The van der Waals surface area contributed by atoms with Gasteiger partial charge in [-0.3, -0.25) is 10.2 Å². The van der Waals surface area contributed by atoms with Gasteiger partial charge in [-0.15, -0.1) is 0 Å². The van der Waals surface area contributed by atoms with Gasteiger partial charge in [-0.2, -0.15) is 0 Å². The molecule has 0 unspecified atom stereocenters. The van der Waals surface area contributed by atoms with Gasteiger partial charge >= 0.3 is 6.09 Å². The molecule has 134 valence electrons. The molecule has 1 amide bonds. The molecule has 1 aromatic rings. The first-order valence-electron chi connectivity index (χ1n) is 8.39. The summed E-state index contributed by atoms with van der Waals surface area (Å²) in [6.07, 6.45) is -0.404. The van der Waals surface area contributed by atoms with Gasteiger partial charge in [-0.1, -0.05) is 0 Å². The molecule has 5 nitrogen and oxygen atoms in total. The predicted molar refractivity (Wildman–Crippen MR) is 107 cm³/mol. The Hall–Kier alpha value is -0.860. The Bertz CT molecular complexity index is 605. The Balaban J connectivity index is 2.20. The van der Waals surface area contributed by atoms with Crippen molar-refractivity contribution in [1.29, 1.82) is 0 Å². The van der Waals surface area contributed by atoms with E-state index >= 15 is 0 Å². The van der Waals surface area contributed by atoms with E-state index < -0.39 is 11.7 Å². The molecule has 2 rings (SSSR count). The van der Waals surface area contributed by atoms with E-state index in [9.17, 15) is 4.79 Å². The van der Waals surface area contributed by atoms with Crippen LogP contribution in [0, 0.1) is 17.4 Å². The number of ether oxygens (including phenoxy) is 1. The maximum absolute atomic E-state index is 12.1. The molecule has 0 saturated carbocycles. The number of hydrogen-bond donors (Lipinski definition) is 2. The van der Waals surface area contributed by atoms with Crippen molar-refractivity contribution in [3.05, 3.63) is 26.3 Å². The van der Waals surface area contributed by atoms with E-state index in [1.165, 1.54) is 14.7 Å². The Kier molecular flexibility index (Phi) is 6.50. The van der Waals surface area contributed by atoms with Crippen LogP contribution in [0.15, 0.2) is 6.07 Å². The Labute approximate surface area is 158 Å². The number of carbonyl (C=O) groups excluding carboxylic acids is 1. The molecule has 1 fully saturated rings. The summed E-state index contributed by atoms with van der Waals surface area (Å²) >= 11 is 2.37. The molecule has 1 aromatic carbocycles. The lowest BCUT2D eigenvalue weighted by Crippen LogP contribution is -2.43. The molecular formula is C18H28IN3O2. The number of halogens is 1. The van der Waals surface area contributed by atoms with Crippen LogP contribution in [0.3, 0.4) is 0 Å². The number of nitrogens with one attached hydrogen (secondary N) is 2. The lowest BCUT2D eigenvalue weighted by atomic mass is 10.0. The van der Waals surface area contributed by atoms with Crippen molar-refractivity contribution in [2.45, 2.75) is 46.8 Å². The smallest absolute Gasteiger partial charge is 0.412 e. The third kappa shape index (κ3) is 5.32. The fourth-order valence-electron chi connectivity index (χ4n) is 2.75. The first-order chi connectivity index (χ1) is 11.2. The SMILES string of the molecule is Cc1c(CN2CCNCC2)cc(NC(=O)OC(C)(C)C)c(C)c1I. The van der Waals surface area contributed by atoms with Gasteiger partial charge < -0.3 is 10.1 Å². The Morgan fingerprint density at radius 1 is 1.29 bits per heavy atom. The van der Waals surface area contributed by atoms with Gasteiger partial charge in [-0.25, -0.2) is 4.79 Å². The topological polar surface area (TPSA) is 53.6 Å². The second kappa shape index (κ2) is 8.01. The quantitative estimate of drug-likeness (QED) is 0.698. The van der Waals surface area contributed by atoms with Crippen molar-refractivity contribution >= 4 is 34.4 Å². The first kappa shape index (κ1) is 19.5. The van der Waals surface area contributed by atoms with Gasteiger partial charge in [0.2, 0.25) is 0 Å². The first-order valence-corrected chi connectivity index (χ1v) is 9.47. The van der Waals surface area contributed by atoms with Crippen LogP contribution in [0.5, 0.6) is 0 Å². The van der Waals surface area contributed by atoms with Gasteiger partial charge in [-0.05, 0) is 80.0 Å². The zero-order valence-electron chi connectivity index (χ0n) is 15.3. The van der Waals surface area contributed by atoms with Crippen LogP contribution >= 0.6 is 22.6 Å². The second-order valence-electron chi connectivity index (χ2n) is 7.30. The fraction of sp³-hybridized carbons (Fsp3) is 0.611. The van der Waals surface area contributed by atoms with Crippen molar-refractivity contribution in [1.82, 2.24) is 10.2 Å². The van der Waals surface area contributed by atoms with E-state index in [4.69, 9.17) is 4.74 Å². The van der Waals surface area contributed by atoms with Gasteiger partial charge in [0.15, 0.2) is 0 Å². The van der Waals surface area contributed by atoms with Gasteiger partial charge in [0.05, 0.1) is 0 Å². The summed E-state index contributed by atoms with van der Waals surface area (Å²) in [5.74, 6) is 0. The highest BCUT2D eigenvalue weighted by Gasteiger charge is 2.19. The van der Waals surface area contributed by atoms with Crippen LogP contribution in [-0.4, -0.2) is 42.8 Å². The number of nitrogens with zero attached hydrogens (tertiary/aromatic N) is 1.